The molecule has 2 rings (SSSR count). The number of amides is 1. The van der Waals surface area contributed by atoms with Crippen LogP contribution in [0.3, 0.4) is 0 Å². The second-order valence-electron chi connectivity index (χ2n) is 5.71. The average molecular weight is 357 g/mol. The molecule has 0 spiro atoms. The fourth-order valence-corrected chi connectivity index (χ4v) is 3.01. The molecule has 2 aromatic carbocycles. The summed E-state index contributed by atoms with van der Waals surface area (Å²) >= 11 is 1.39. The Morgan fingerprint density at radius 1 is 1.08 bits per heavy atom. The van der Waals surface area contributed by atoms with Gasteiger partial charge in [0.1, 0.15) is 0 Å². The first-order valence-electron chi connectivity index (χ1n) is 8.32. The quantitative estimate of drug-likeness (QED) is 0.559. The Morgan fingerprint density at radius 2 is 1.76 bits per heavy atom. The monoisotopic (exact) mass is 357 g/mol. The molecule has 0 aliphatic carbocycles. The Hall–Kier alpha value is -2.27. The van der Waals surface area contributed by atoms with Crippen molar-refractivity contribution in [3.8, 4) is 0 Å². The molecule has 1 atom stereocenters. The summed E-state index contributed by atoms with van der Waals surface area (Å²) in [4.78, 5) is 24.8. The molecule has 1 amide bonds. The predicted octanol–water partition coefficient (Wildman–Crippen LogP) is 4.47. The van der Waals surface area contributed by atoms with Crippen LogP contribution in [0.1, 0.15) is 31.7 Å². The molecule has 0 fully saturated rings. The molecule has 0 heterocycles. The maximum absolute atomic E-state index is 12.1. The largest absolute Gasteiger partial charge is 0.455 e. The third kappa shape index (κ3) is 6.27. The zero-order valence-electron chi connectivity index (χ0n) is 14.5. The Morgan fingerprint density at radius 3 is 2.48 bits per heavy atom. The third-order valence-corrected chi connectivity index (χ3v) is 4.83. The minimum atomic E-state index is -0.404. The number of thioether (sulfide) groups is 1. The summed E-state index contributed by atoms with van der Waals surface area (Å²) in [5, 5.41) is 2.83. The molecule has 0 bridgehead atoms. The van der Waals surface area contributed by atoms with E-state index in [1.165, 1.54) is 11.8 Å². The van der Waals surface area contributed by atoms with Crippen LogP contribution < -0.4 is 5.32 Å². The second-order valence-corrected chi connectivity index (χ2v) is 6.76. The molecule has 0 saturated carbocycles. The molecular formula is C20H23NO3S. The van der Waals surface area contributed by atoms with Crippen molar-refractivity contribution in [3.05, 3.63) is 60.2 Å². The summed E-state index contributed by atoms with van der Waals surface area (Å²) in [6.07, 6.45) is 0.985. The number of hydrogen-bond donors (Lipinski definition) is 1. The highest BCUT2D eigenvalue weighted by Crippen LogP contribution is 2.26. The van der Waals surface area contributed by atoms with Gasteiger partial charge in [-0.2, -0.15) is 0 Å². The number of para-hydroxylation sites is 1. The van der Waals surface area contributed by atoms with Crippen molar-refractivity contribution in [2.45, 2.75) is 31.1 Å². The summed E-state index contributed by atoms with van der Waals surface area (Å²) in [5.41, 5.74) is 1.86. The minimum Gasteiger partial charge on any atom is -0.455 e. The average Bonchev–Trinajstić information content (AvgIpc) is 2.65. The first-order valence-corrected chi connectivity index (χ1v) is 9.31. The number of benzene rings is 2. The lowest BCUT2D eigenvalue weighted by atomic mass is 9.97. The summed E-state index contributed by atoms with van der Waals surface area (Å²) in [6.45, 7) is 3.95. The van der Waals surface area contributed by atoms with Crippen LogP contribution in [0.4, 0.5) is 5.69 Å². The highest BCUT2D eigenvalue weighted by molar-refractivity contribution is 8.00. The van der Waals surface area contributed by atoms with E-state index in [9.17, 15) is 9.59 Å². The lowest BCUT2D eigenvalue weighted by molar-refractivity contribution is -0.144. The lowest BCUT2D eigenvalue weighted by Crippen LogP contribution is -2.22. The number of esters is 1. The van der Waals surface area contributed by atoms with E-state index in [2.05, 4.69) is 19.2 Å². The van der Waals surface area contributed by atoms with Gasteiger partial charge in [0.2, 0.25) is 0 Å². The first kappa shape index (κ1) is 19.1. The second kappa shape index (κ2) is 9.89. The van der Waals surface area contributed by atoms with Crippen LogP contribution in [-0.4, -0.2) is 24.2 Å². The Labute approximate surface area is 153 Å². The van der Waals surface area contributed by atoms with Crippen molar-refractivity contribution in [1.82, 2.24) is 0 Å². The van der Waals surface area contributed by atoms with Crippen LogP contribution >= 0.6 is 11.8 Å². The molecule has 2 aromatic rings. The number of hydrogen-bond acceptors (Lipinski definition) is 4. The number of ether oxygens (including phenoxy) is 1. The van der Waals surface area contributed by atoms with Gasteiger partial charge in [0.05, 0.1) is 5.75 Å². The molecule has 0 aliphatic rings. The highest BCUT2D eigenvalue weighted by Gasteiger charge is 2.12. The fraction of sp³-hybridized carbons (Fsp3) is 0.300. The van der Waals surface area contributed by atoms with Crippen molar-refractivity contribution < 1.29 is 14.3 Å². The summed E-state index contributed by atoms with van der Waals surface area (Å²) in [7, 11) is 0. The number of anilines is 1. The normalized spacial score (nSPS) is 11.6. The molecule has 25 heavy (non-hydrogen) atoms. The van der Waals surface area contributed by atoms with E-state index in [0.29, 0.717) is 5.92 Å². The summed E-state index contributed by atoms with van der Waals surface area (Å²) in [5.74, 6) is -0.199. The minimum absolute atomic E-state index is 0.181. The van der Waals surface area contributed by atoms with E-state index < -0.39 is 5.97 Å². The van der Waals surface area contributed by atoms with Gasteiger partial charge in [-0.3, -0.25) is 9.59 Å². The highest BCUT2D eigenvalue weighted by atomic mass is 32.2. The van der Waals surface area contributed by atoms with E-state index in [-0.39, 0.29) is 18.3 Å². The molecule has 0 radical (unpaired) electrons. The Balaban J connectivity index is 1.80. The molecule has 132 valence electrons. The van der Waals surface area contributed by atoms with Gasteiger partial charge in [0.25, 0.3) is 5.91 Å². The summed E-state index contributed by atoms with van der Waals surface area (Å²) < 4.78 is 5.05. The number of rotatable bonds is 8. The van der Waals surface area contributed by atoms with Crippen LogP contribution in [0.5, 0.6) is 0 Å². The number of carbonyl (C=O) groups is 2. The third-order valence-electron chi connectivity index (χ3n) is 3.84. The molecule has 0 aliphatic heterocycles. The van der Waals surface area contributed by atoms with E-state index in [4.69, 9.17) is 4.74 Å². The van der Waals surface area contributed by atoms with E-state index >= 15 is 0 Å². The van der Waals surface area contributed by atoms with E-state index in [1.807, 2.05) is 54.6 Å². The van der Waals surface area contributed by atoms with Gasteiger partial charge < -0.3 is 10.1 Å². The van der Waals surface area contributed by atoms with Crippen molar-refractivity contribution in [3.63, 3.8) is 0 Å². The van der Waals surface area contributed by atoms with Gasteiger partial charge in [-0.15, -0.1) is 11.8 Å². The van der Waals surface area contributed by atoms with Gasteiger partial charge in [0.15, 0.2) is 6.61 Å². The fourth-order valence-electron chi connectivity index (χ4n) is 2.29. The van der Waals surface area contributed by atoms with Crippen molar-refractivity contribution in [2.75, 3.05) is 17.7 Å². The molecule has 0 saturated heterocycles. The Bertz CT molecular complexity index is 703. The lowest BCUT2D eigenvalue weighted by Gasteiger charge is -2.15. The SMILES string of the molecule is CC[C@@H](C)c1ccccc1NC(=O)COC(=O)CSc1ccccc1. The Kier molecular flexibility index (Phi) is 7.54. The van der Waals surface area contributed by atoms with Gasteiger partial charge in [0, 0.05) is 10.6 Å². The topological polar surface area (TPSA) is 55.4 Å². The molecule has 0 unspecified atom stereocenters. The van der Waals surface area contributed by atoms with Crippen LogP contribution in [-0.2, 0) is 14.3 Å². The molecule has 5 heteroatoms. The molecule has 4 nitrogen and oxygen atoms in total. The van der Waals surface area contributed by atoms with Crippen LogP contribution in [0, 0.1) is 0 Å². The zero-order valence-corrected chi connectivity index (χ0v) is 15.3. The van der Waals surface area contributed by atoms with Crippen LogP contribution in [0.2, 0.25) is 0 Å². The smallest absolute Gasteiger partial charge is 0.316 e. The maximum Gasteiger partial charge on any atom is 0.316 e. The summed E-state index contributed by atoms with van der Waals surface area (Å²) in [6, 6.07) is 17.3. The maximum atomic E-state index is 12.1. The van der Waals surface area contributed by atoms with Gasteiger partial charge in [-0.1, -0.05) is 50.2 Å². The standard InChI is InChI=1S/C20H23NO3S/c1-3-15(2)17-11-7-8-12-18(17)21-19(22)13-24-20(23)14-25-16-9-5-4-6-10-16/h4-12,15H,3,13-14H2,1-2H3,(H,21,22)/t15-/m1/s1. The van der Waals surface area contributed by atoms with Crippen molar-refractivity contribution in [2.24, 2.45) is 0 Å². The van der Waals surface area contributed by atoms with Crippen molar-refractivity contribution in [1.29, 1.82) is 0 Å². The number of nitrogens with one attached hydrogen (secondary N) is 1. The van der Waals surface area contributed by atoms with E-state index in [0.717, 1.165) is 22.6 Å². The van der Waals surface area contributed by atoms with Gasteiger partial charge in [-0.05, 0) is 36.1 Å². The van der Waals surface area contributed by atoms with Gasteiger partial charge in [-0.25, -0.2) is 0 Å². The van der Waals surface area contributed by atoms with Crippen LogP contribution in [0.25, 0.3) is 0 Å². The molecule has 1 N–H and O–H groups in total. The van der Waals surface area contributed by atoms with E-state index in [1.54, 1.807) is 0 Å². The van der Waals surface area contributed by atoms with Gasteiger partial charge >= 0.3 is 5.97 Å². The first-order chi connectivity index (χ1) is 12.1. The molecular weight excluding hydrogens is 334 g/mol. The number of carbonyl (C=O) groups excluding carboxylic acids is 2. The predicted molar refractivity (Wildman–Crippen MR) is 102 cm³/mol. The van der Waals surface area contributed by atoms with Crippen molar-refractivity contribution >= 4 is 29.3 Å². The van der Waals surface area contributed by atoms with Crippen LogP contribution in [0.15, 0.2) is 59.5 Å². The zero-order chi connectivity index (χ0) is 18.1. The molecule has 0 aromatic heterocycles.